The molecule has 0 aliphatic heterocycles. The zero-order valence-corrected chi connectivity index (χ0v) is 7.62. The molecule has 4 heteroatoms. The highest BCUT2D eigenvalue weighted by Gasteiger charge is 2.15. The summed E-state index contributed by atoms with van der Waals surface area (Å²) in [5.74, 6) is -0.432. The highest BCUT2D eigenvalue weighted by atomic mass is 16.5. The molecule has 0 aromatic heterocycles. The summed E-state index contributed by atoms with van der Waals surface area (Å²) in [4.78, 5) is 11.0. The number of rotatable bonds is 5. The van der Waals surface area contributed by atoms with Crippen molar-refractivity contribution in [2.75, 3.05) is 6.61 Å². The van der Waals surface area contributed by atoms with Gasteiger partial charge in [-0.3, -0.25) is 4.79 Å². The highest BCUT2D eigenvalue weighted by Crippen LogP contribution is 1.99. The third kappa shape index (κ3) is 4.31. The molecule has 72 valence electrons. The maximum Gasteiger partial charge on any atom is 0.323 e. The quantitative estimate of drug-likeness (QED) is 0.578. The number of ether oxygens (including phenoxy) is 1. The maximum atomic E-state index is 11.0. The van der Waals surface area contributed by atoms with E-state index >= 15 is 0 Å². The molecule has 4 nitrogen and oxygen atoms in total. The Hall–Kier alpha value is -0.610. The van der Waals surface area contributed by atoms with Crippen LogP contribution in [-0.2, 0) is 9.53 Å². The van der Waals surface area contributed by atoms with E-state index in [0.29, 0.717) is 0 Å². The molecule has 0 heterocycles. The summed E-state index contributed by atoms with van der Waals surface area (Å²) in [6, 6.07) is -0.691. The van der Waals surface area contributed by atoms with Crippen molar-refractivity contribution in [1.82, 2.24) is 0 Å². The largest absolute Gasteiger partial charge is 0.462 e. The molecule has 1 unspecified atom stereocenters. The van der Waals surface area contributed by atoms with Crippen LogP contribution in [0.2, 0.25) is 0 Å². The smallest absolute Gasteiger partial charge is 0.323 e. The summed E-state index contributed by atoms with van der Waals surface area (Å²) in [7, 11) is 0. The Morgan fingerprint density at radius 3 is 2.67 bits per heavy atom. The number of hydrogen-bond acceptors (Lipinski definition) is 4. The Balaban J connectivity index is 3.70. The monoisotopic (exact) mass is 175 g/mol. The number of hydrogen-bond donors (Lipinski definition) is 2. The predicted octanol–water partition coefficient (Wildman–Crippen LogP) is 0.0378. The van der Waals surface area contributed by atoms with E-state index in [-0.39, 0.29) is 19.1 Å². The lowest BCUT2D eigenvalue weighted by Gasteiger charge is -2.14. The normalized spacial score (nSPS) is 15.3. The van der Waals surface area contributed by atoms with Gasteiger partial charge in [0.25, 0.3) is 0 Å². The molecule has 3 N–H and O–H groups in total. The van der Waals surface area contributed by atoms with Gasteiger partial charge in [-0.25, -0.2) is 0 Å². The van der Waals surface area contributed by atoms with Crippen LogP contribution in [-0.4, -0.2) is 29.8 Å². The van der Waals surface area contributed by atoms with Crippen molar-refractivity contribution in [3.05, 3.63) is 0 Å². The molecule has 0 saturated carbocycles. The SMILES string of the molecule is CCC(C)OC(=O)[C@H](N)CCO. The van der Waals surface area contributed by atoms with Crippen LogP contribution in [0.4, 0.5) is 0 Å². The summed E-state index contributed by atoms with van der Waals surface area (Å²) >= 11 is 0. The maximum absolute atomic E-state index is 11.0. The van der Waals surface area contributed by atoms with Gasteiger partial charge in [0.15, 0.2) is 0 Å². The first-order valence-electron chi connectivity index (χ1n) is 4.18. The first-order valence-corrected chi connectivity index (χ1v) is 4.18. The van der Waals surface area contributed by atoms with Crippen LogP contribution in [0.3, 0.4) is 0 Å². The number of carbonyl (C=O) groups excluding carboxylic acids is 1. The van der Waals surface area contributed by atoms with Gasteiger partial charge in [-0.2, -0.15) is 0 Å². The van der Waals surface area contributed by atoms with Gasteiger partial charge in [-0.15, -0.1) is 0 Å². The van der Waals surface area contributed by atoms with Crippen LogP contribution >= 0.6 is 0 Å². The fourth-order valence-corrected chi connectivity index (χ4v) is 0.626. The standard InChI is InChI=1S/C8H17NO3/c1-3-6(2)12-8(11)7(9)4-5-10/h6-7,10H,3-5,9H2,1-2H3/t6?,7-/m1/s1. The fourth-order valence-electron chi connectivity index (χ4n) is 0.626. The summed E-state index contributed by atoms with van der Waals surface area (Å²) in [5.41, 5.74) is 5.40. The Morgan fingerprint density at radius 2 is 2.25 bits per heavy atom. The second-order valence-corrected chi connectivity index (χ2v) is 2.77. The molecule has 0 bridgehead atoms. The second-order valence-electron chi connectivity index (χ2n) is 2.77. The van der Waals surface area contributed by atoms with Crippen LogP contribution in [0.25, 0.3) is 0 Å². The van der Waals surface area contributed by atoms with Gasteiger partial charge in [0.05, 0.1) is 6.10 Å². The molecule has 0 saturated heterocycles. The van der Waals surface area contributed by atoms with Crippen molar-refractivity contribution in [2.24, 2.45) is 5.73 Å². The summed E-state index contributed by atoms with van der Waals surface area (Å²) < 4.78 is 4.94. The number of carbonyl (C=O) groups is 1. The Labute approximate surface area is 72.7 Å². The molecule has 2 atom stereocenters. The third-order valence-electron chi connectivity index (χ3n) is 1.64. The van der Waals surface area contributed by atoms with E-state index < -0.39 is 12.0 Å². The van der Waals surface area contributed by atoms with E-state index in [0.717, 1.165) is 6.42 Å². The summed E-state index contributed by atoms with van der Waals surface area (Å²) in [6.45, 7) is 3.65. The van der Waals surface area contributed by atoms with Gasteiger partial charge < -0.3 is 15.6 Å². The van der Waals surface area contributed by atoms with Crippen LogP contribution < -0.4 is 5.73 Å². The Kier molecular flexibility index (Phi) is 5.66. The summed E-state index contributed by atoms with van der Waals surface area (Å²) in [5, 5.41) is 8.49. The lowest BCUT2D eigenvalue weighted by molar-refractivity contribution is -0.150. The molecule has 0 spiro atoms. The lowest BCUT2D eigenvalue weighted by atomic mass is 10.2. The van der Waals surface area contributed by atoms with Crippen molar-refractivity contribution in [3.63, 3.8) is 0 Å². The zero-order chi connectivity index (χ0) is 9.56. The average Bonchev–Trinajstić information content (AvgIpc) is 2.04. The fraction of sp³-hybridized carbons (Fsp3) is 0.875. The van der Waals surface area contributed by atoms with Gasteiger partial charge in [-0.05, 0) is 19.8 Å². The van der Waals surface area contributed by atoms with Gasteiger partial charge in [0.2, 0.25) is 0 Å². The molecular formula is C8H17NO3. The predicted molar refractivity (Wildman–Crippen MR) is 45.5 cm³/mol. The van der Waals surface area contributed by atoms with E-state index in [9.17, 15) is 4.79 Å². The number of aliphatic hydroxyl groups is 1. The molecular weight excluding hydrogens is 158 g/mol. The average molecular weight is 175 g/mol. The van der Waals surface area contributed by atoms with Gasteiger partial charge in [0, 0.05) is 6.61 Å². The van der Waals surface area contributed by atoms with Crippen LogP contribution in [0, 0.1) is 0 Å². The van der Waals surface area contributed by atoms with Crippen LogP contribution in [0.15, 0.2) is 0 Å². The van der Waals surface area contributed by atoms with E-state index in [1.807, 2.05) is 13.8 Å². The van der Waals surface area contributed by atoms with E-state index in [2.05, 4.69) is 0 Å². The van der Waals surface area contributed by atoms with E-state index in [4.69, 9.17) is 15.6 Å². The van der Waals surface area contributed by atoms with Crippen molar-refractivity contribution in [3.8, 4) is 0 Å². The van der Waals surface area contributed by atoms with E-state index in [1.54, 1.807) is 0 Å². The number of aliphatic hydroxyl groups excluding tert-OH is 1. The van der Waals surface area contributed by atoms with Crippen molar-refractivity contribution in [1.29, 1.82) is 0 Å². The number of esters is 1. The second kappa shape index (κ2) is 5.97. The minimum absolute atomic E-state index is 0.0865. The first-order chi connectivity index (χ1) is 5.61. The molecule has 0 aliphatic rings. The lowest BCUT2D eigenvalue weighted by Crippen LogP contribution is -2.35. The third-order valence-corrected chi connectivity index (χ3v) is 1.64. The molecule has 0 aliphatic carbocycles. The number of nitrogens with two attached hydrogens (primary N) is 1. The zero-order valence-electron chi connectivity index (χ0n) is 7.62. The molecule has 0 amide bonds. The molecule has 0 rings (SSSR count). The van der Waals surface area contributed by atoms with Gasteiger partial charge >= 0.3 is 5.97 Å². The van der Waals surface area contributed by atoms with Crippen molar-refractivity contribution >= 4 is 5.97 Å². The molecule has 12 heavy (non-hydrogen) atoms. The van der Waals surface area contributed by atoms with Crippen LogP contribution in [0.5, 0.6) is 0 Å². The molecule has 0 aromatic carbocycles. The first kappa shape index (κ1) is 11.4. The van der Waals surface area contributed by atoms with Crippen LogP contribution in [0.1, 0.15) is 26.7 Å². The van der Waals surface area contributed by atoms with E-state index in [1.165, 1.54) is 0 Å². The van der Waals surface area contributed by atoms with Crippen molar-refractivity contribution < 1.29 is 14.6 Å². The minimum Gasteiger partial charge on any atom is -0.462 e. The molecule has 0 radical (unpaired) electrons. The Bertz CT molecular complexity index is 138. The topological polar surface area (TPSA) is 72.5 Å². The molecule has 0 aromatic rings. The Morgan fingerprint density at radius 1 is 1.67 bits per heavy atom. The van der Waals surface area contributed by atoms with Gasteiger partial charge in [-0.1, -0.05) is 6.92 Å². The summed E-state index contributed by atoms with van der Waals surface area (Å²) in [6.07, 6.45) is 0.939. The van der Waals surface area contributed by atoms with Gasteiger partial charge in [0.1, 0.15) is 6.04 Å². The van der Waals surface area contributed by atoms with Crippen molar-refractivity contribution in [2.45, 2.75) is 38.8 Å². The molecule has 0 fully saturated rings. The highest BCUT2D eigenvalue weighted by molar-refractivity contribution is 5.75. The minimum atomic E-state index is -0.691.